The van der Waals surface area contributed by atoms with Crippen LogP contribution in [0.1, 0.15) is 40.5 Å². The molecule has 0 aliphatic carbocycles. The van der Waals surface area contributed by atoms with E-state index < -0.39 is 30.3 Å². The highest BCUT2D eigenvalue weighted by Crippen LogP contribution is 2.15. The van der Waals surface area contributed by atoms with Gasteiger partial charge in [-0.1, -0.05) is 13.3 Å². The molecule has 8 heteroatoms. The number of anilines is 2. The largest absolute Gasteiger partial charge is 0.462 e. The van der Waals surface area contributed by atoms with Gasteiger partial charge in [0.25, 0.3) is 5.91 Å². The first-order valence-electron chi connectivity index (χ1n) is 8.70. The summed E-state index contributed by atoms with van der Waals surface area (Å²) in [6.45, 7) is 1.81. The van der Waals surface area contributed by atoms with Crippen LogP contribution >= 0.6 is 0 Å². The van der Waals surface area contributed by atoms with E-state index >= 15 is 0 Å². The van der Waals surface area contributed by atoms with E-state index in [1.54, 1.807) is 0 Å². The van der Waals surface area contributed by atoms with Gasteiger partial charge in [-0.15, -0.1) is 0 Å². The first-order chi connectivity index (χ1) is 13.4. The first kappa shape index (κ1) is 20.9. The number of nitrogens with one attached hydrogen (secondary N) is 1. The number of unbranched alkanes of at least 4 members (excludes halogenated alkanes) is 1. The molecule has 0 radical (unpaired) electrons. The van der Waals surface area contributed by atoms with Gasteiger partial charge < -0.3 is 20.5 Å². The van der Waals surface area contributed by atoms with Crippen LogP contribution < -0.4 is 11.1 Å². The summed E-state index contributed by atoms with van der Waals surface area (Å²) in [7, 11) is 0. The minimum Gasteiger partial charge on any atom is -0.462 e. The fraction of sp³-hybridized carbons (Fsp3) is 0.250. The predicted octanol–water partition coefficient (Wildman–Crippen LogP) is 3.16. The third kappa shape index (κ3) is 6.08. The molecule has 0 fully saturated rings. The SMILES string of the molecule is CCCCOC(=O)c1ccc(NC(=O)COC(=O)c2ccc(F)cc2N)cc1. The molecule has 0 aliphatic rings. The van der Waals surface area contributed by atoms with Crippen molar-refractivity contribution in [3.63, 3.8) is 0 Å². The standard InChI is InChI=1S/C20H21FN2O5/c1-2-3-10-27-19(25)13-4-7-15(8-5-13)23-18(24)12-28-20(26)16-9-6-14(21)11-17(16)22/h4-9,11H,2-3,10,12,22H2,1H3,(H,23,24). The Labute approximate surface area is 161 Å². The van der Waals surface area contributed by atoms with Crippen LogP contribution in [0.25, 0.3) is 0 Å². The number of esters is 2. The summed E-state index contributed by atoms with van der Waals surface area (Å²) >= 11 is 0. The lowest BCUT2D eigenvalue weighted by Crippen LogP contribution is -2.21. The van der Waals surface area contributed by atoms with E-state index in [9.17, 15) is 18.8 Å². The fourth-order valence-electron chi connectivity index (χ4n) is 2.21. The van der Waals surface area contributed by atoms with Crippen molar-refractivity contribution in [1.82, 2.24) is 0 Å². The second-order valence-electron chi connectivity index (χ2n) is 5.92. The summed E-state index contributed by atoms with van der Waals surface area (Å²) < 4.78 is 23.0. The third-order valence-corrected chi connectivity index (χ3v) is 3.70. The minimum atomic E-state index is -0.835. The molecule has 1 amide bonds. The monoisotopic (exact) mass is 388 g/mol. The Bertz CT molecular complexity index is 852. The van der Waals surface area contributed by atoms with Gasteiger partial charge in [-0.3, -0.25) is 4.79 Å². The lowest BCUT2D eigenvalue weighted by molar-refractivity contribution is -0.119. The third-order valence-electron chi connectivity index (χ3n) is 3.70. The second-order valence-corrected chi connectivity index (χ2v) is 5.92. The van der Waals surface area contributed by atoms with Crippen LogP contribution in [0.4, 0.5) is 15.8 Å². The maximum absolute atomic E-state index is 13.0. The number of rotatable bonds is 8. The Morgan fingerprint density at radius 2 is 1.75 bits per heavy atom. The molecule has 0 saturated heterocycles. The van der Waals surface area contributed by atoms with E-state index in [4.69, 9.17) is 15.2 Å². The molecule has 2 rings (SSSR count). The molecule has 0 spiro atoms. The van der Waals surface area contributed by atoms with Crippen molar-refractivity contribution >= 4 is 29.2 Å². The van der Waals surface area contributed by atoms with Crippen LogP contribution in [-0.4, -0.2) is 31.1 Å². The van der Waals surface area contributed by atoms with Crippen LogP contribution in [0.2, 0.25) is 0 Å². The van der Waals surface area contributed by atoms with Crippen molar-refractivity contribution < 1.29 is 28.2 Å². The van der Waals surface area contributed by atoms with E-state index in [0.29, 0.717) is 17.9 Å². The smallest absolute Gasteiger partial charge is 0.340 e. The van der Waals surface area contributed by atoms with Gasteiger partial charge in [0.2, 0.25) is 0 Å². The number of hydrogen-bond acceptors (Lipinski definition) is 6. The van der Waals surface area contributed by atoms with E-state index in [0.717, 1.165) is 25.0 Å². The highest BCUT2D eigenvalue weighted by molar-refractivity contribution is 5.98. The Balaban J connectivity index is 1.84. The number of ether oxygens (including phenoxy) is 2. The van der Waals surface area contributed by atoms with Crippen LogP contribution in [-0.2, 0) is 14.3 Å². The van der Waals surface area contributed by atoms with E-state index in [1.807, 2.05) is 6.92 Å². The van der Waals surface area contributed by atoms with Gasteiger partial charge in [0.05, 0.1) is 17.7 Å². The molecule has 2 aromatic carbocycles. The topological polar surface area (TPSA) is 108 Å². The summed E-state index contributed by atoms with van der Waals surface area (Å²) in [6.07, 6.45) is 1.72. The van der Waals surface area contributed by atoms with E-state index in [1.165, 1.54) is 30.3 Å². The number of carbonyl (C=O) groups excluding carboxylic acids is 3. The average molecular weight is 388 g/mol. The Morgan fingerprint density at radius 3 is 2.39 bits per heavy atom. The zero-order valence-corrected chi connectivity index (χ0v) is 15.4. The van der Waals surface area contributed by atoms with Crippen LogP contribution in [0.15, 0.2) is 42.5 Å². The van der Waals surface area contributed by atoms with Gasteiger partial charge in [-0.25, -0.2) is 14.0 Å². The molecule has 0 unspecified atom stereocenters. The number of benzene rings is 2. The zero-order valence-electron chi connectivity index (χ0n) is 15.4. The maximum Gasteiger partial charge on any atom is 0.340 e. The summed E-state index contributed by atoms with van der Waals surface area (Å²) in [5, 5.41) is 2.53. The number of amides is 1. The summed E-state index contributed by atoms with van der Waals surface area (Å²) in [5.41, 5.74) is 6.24. The Kier molecular flexibility index (Phi) is 7.50. The quantitative estimate of drug-likeness (QED) is 0.409. The number of hydrogen-bond donors (Lipinski definition) is 2. The van der Waals surface area contributed by atoms with Gasteiger partial charge in [0.15, 0.2) is 6.61 Å². The minimum absolute atomic E-state index is 0.0276. The predicted molar refractivity (Wildman–Crippen MR) is 101 cm³/mol. The second kappa shape index (κ2) is 10.1. The summed E-state index contributed by atoms with van der Waals surface area (Å²) in [4.78, 5) is 35.6. The van der Waals surface area contributed by atoms with Gasteiger partial charge in [0.1, 0.15) is 5.82 Å². The molecule has 3 N–H and O–H groups in total. The molecule has 2 aromatic rings. The lowest BCUT2D eigenvalue weighted by atomic mass is 10.2. The van der Waals surface area contributed by atoms with Gasteiger partial charge in [0, 0.05) is 11.4 Å². The van der Waals surface area contributed by atoms with Crippen molar-refractivity contribution in [2.75, 3.05) is 24.3 Å². The van der Waals surface area contributed by atoms with Crippen LogP contribution in [0, 0.1) is 5.82 Å². The molecular formula is C20H21FN2O5. The van der Waals surface area contributed by atoms with Gasteiger partial charge >= 0.3 is 11.9 Å². The van der Waals surface area contributed by atoms with Crippen molar-refractivity contribution in [3.05, 3.63) is 59.4 Å². The van der Waals surface area contributed by atoms with E-state index in [2.05, 4.69) is 5.32 Å². The molecule has 0 heterocycles. The van der Waals surface area contributed by atoms with E-state index in [-0.39, 0.29) is 11.3 Å². The maximum atomic E-state index is 13.0. The molecular weight excluding hydrogens is 367 g/mol. The number of nitrogen functional groups attached to an aromatic ring is 1. The van der Waals surface area contributed by atoms with Crippen molar-refractivity contribution in [1.29, 1.82) is 0 Å². The Morgan fingerprint density at radius 1 is 1.04 bits per heavy atom. The van der Waals surface area contributed by atoms with Crippen LogP contribution in [0.3, 0.4) is 0 Å². The average Bonchev–Trinajstić information content (AvgIpc) is 2.67. The Hall–Kier alpha value is -3.42. The molecule has 0 bridgehead atoms. The zero-order chi connectivity index (χ0) is 20.5. The molecule has 0 atom stereocenters. The summed E-state index contributed by atoms with van der Waals surface area (Å²) in [6, 6.07) is 9.36. The molecule has 0 aromatic heterocycles. The van der Waals surface area contributed by atoms with Crippen LogP contribution in [0.5, 0.6) is 0 Å². The number of carbonyl (C=O) groups is 3. The highest BCUT2D eigenvalue weighted by Gasteiger charge is 2.14. The van der Waals surface area contributed by atoms with Crippen molar-refractivity contribution in [3.8, 4) is 0 Å². The molecule has 0 saturated carbocycles. The molecule has 28 heavy (non-hydrogen) atoms. The number of halogens is 1. The lowest BCUT2D eigenvalue weighted by Gasteiger charge is -2.09. The molecule has 148 valence electrons. The first-order valence-corrected chi connectivity index (χ1v) is 8.70. The van der Waals surface area contributed by atoms with Gasteiger partial charge in [-0.05, 0) is 48.9 Å². The normalized spacial score (nSPS) is 10.2. The summed E-state index contributed by atoms with van der Waals surface area (Å²) in [5.74, 6) is -2.42. The van der Waals surface area contributed by atoms with Crippen molar-refractivity contribution in [2.45, 2.75) is 19.8 Å². The van der Waals surface area contributed by atoms with Crippen molar-refractivity contribution in [2.24, 2.45) is 0 Å². The number of nitrogens with two attached hydrogens (primary N) is 1. The molecule has 0 aliphatic heterocycles. The molecule has 7 nitrogen and oxygen atoms in total. The fourth-order valence-corrected chi connectivity index (χ4v) is 2.21. The van der Waals surface area contributed by atoms with Gasteiger partial charge in [-0.2, -0.15) is 0 Å². The highest BCUT2D eigenvalue weighted by atomic mass is 19.1.